The Kier molecular flexibility index (Phi) is 5.34. The van der Waals surface area contributed by atoms with Crippen LogP contribution < -0.4 is 0 Å². The second kappa shape index (κ2) is 7.02. The molecule has 0 aromatic rings. The van der Waals surface area contributed by atoms with Crippen molar-refractivity contribution in [2.45, 2.75) is 64.8 Å². The number of hydrogen-bond donors (Lipinski definition) is 3. The summed E-state index contributed by atoms with van der Waals surface area (Å²) in [6, 6.07) is 0. The quantitative estimate of drug-likeness (QED) is 0.488. The van der Waals surface area contributed by atoms with E-state index in [-0.39, 0.29) is 24.0 Å². The molecule has 5 heteroatoms. The van der Waals surface area contributed by atoms with Crippen molar-refractivity contribution in [2.75, 3.05) is 6.61 Å². The average Bonchev–Trinajstić information content (AvgIpc) is 3.04. The molecule has 5 nitrogen and oxygen atoms in total. The second-order valence-corrected chi connectivity index (χ2v) is 9.43. The van der Waals surface area contributed by atoms with Gasteiger partial charge in [-0.25, -0.2) is 0 Å². The maximum absolute atomic E-state index is 11.2. The van der Waals surface area contributed by atoms with Gasteiger partial charge in [-0.15, -0.1) is 0 Å². The van der Waals surface area contributed by atoms with Crippen molar-refractivity contribution >= 4 is 5.97 Å². The van der Waals surface area contributed by atoms with Crippen molar-refractivity contribution in [1.29, 1.82) is 0 Å². The molecule has 3 fully saturated rings. The van der Waals surface area contributed by atoms with Crippen LogP contribution >= 0.6 is 0 Å². The molecule has 0 amide bonds. The van der Waals surface area contributed by atoms with Gasteiger partial charge in [-0.2, -0.15) is 0 Å². The van der Waals surface area contributed by atoms with Gasteiger partial charge in [0.25, 0.3) is 0 Å². The molecule has 0 aromatic heterocycles. The van der Waals surface area contributed by atoms with Gasteiger partial charge in [0.15, 0.2) is 5.60 Å². The van der Waals surface area contributed by atoms with Crippen LogP contribution in [0.3, 0.4) is 0 Å². The molecule has 0 radical (unpaired) electrons. The lowest BCUT2D eigenvalue weighted by Crippen LogP contribution is -2.57. The fourth-order valence-electron chi connectivity index (χ4n) is 6.38. The molecular weight excluding hydrogens is 344 g/mol. The third-order valence-electron chi connectivity index (χ3n) is 7.79. The minimum atomic E-state index is -1.17. The fraction of sp³-hybridized carbons (Fsp3) is 0.773. The average molecular weight is 379 g/mol. The maximum atomic E-state index is 11.2. The zero-order valence-corrected chi connectivity index (χ0v) is 16.9. The van der Waals surface area contributed by atoms with E-state index in [9.17, 15) is 20.1 Å². The Labute approximate surface area is 162 Å². The predicted molar refractivity (Wildman–Crippen MR) is 103 cm³/mol. The first-order chi connectivity index (χ1) is 12.5. The normalized spacial score (nSPS) is 43.5. The third kappa shape index (κ3) is 3.18. The van der Waals surface area contributed by atoms with E-state index >= 15 is 0 Å². The minimum absolute atomic E-state index is 0.0657. The van der Waals surface area contributed by atoms with Crippen LogP contribution in [0.1, 0.15) is 47.0 Å². The van der Waals surface area contributed by atoms with Crippen LogP contribution in [0.5, 0.6) is 0 Å². The molecule has 0 spiro atoms. The predicted octanol–water partition coefficient (Wildman–Crippen LogP) is 2.45. The molecule has 0 heterocycles. The number of hydrogen-bond acceptors (Lipinski definition) is 5. The van der Waals surface area contributed by atoms with E-state index in [1.54, 1.807) is 6.92 Å². The van der Waals surface area contributed by atoms with Crippen molar-refractivity contribution in [2.24, 2.45) is 35.0 Å². The number of fused-ring (bicyclic) bond motifs is 4. The first-order valence-corrected chi connectivity index (χ1v) is 10.1. The largest absolute Gasteiger partial charge is 0.453 e. The Balaban J connectivity index is 1.74. The molecule has 0 aliphatic heterocycles. The summed E-state index contributed by atoms with van der Waals surface area (Å²) < 4.78 is 5.14. The standard InChI is InChI=1S/C22H34O5/c1-12-6-7-16-19(12)20-15(10-18(26)22(16,20)5)13(2)17(25)8-9-21(4,11-23)27-14(3)24/h8-9,12,15-20,23,25-26H,2,6-7,10-11H2,1,3-5H3/b9-8+/t12-,15+,16+,17-,18-,19-,20+,21+,22+/m1/s1. The van der Waals surface area contributed by atoms with Crippen LogP contribution in [0.4, 0.5) is 0 Å². The first kappa shape index (κ1) is 20.6. The van der Waals surface area contributed by atoms with Gasteiger partial charge in [-0.1, -0.05) is 32.9 Å². The summed E-state index contributed by atoms with van der Waals surface area (Å²) in [5, 5.41) is 31.0. The van der Waals surface area contributed by atoms with Crippen LogP contribution in [-0.4, -0.2) is 45.7 Å². The number of rotatable bonds is 6. The molecule has 152 valence electrons. The van der Waals surface area contributed by atoms with Crippen molar-refractivity contribution in [3.63, 3.8) is 0 Å². The molecule has 3 N–H and O–H groups in total. The number of ether oxygens (including phenoxy) is 1. The number of carbonyl (C=O) groups excluding carboxylic acids is 1. The number of aliphatic hydroxyl groups is 3. The molecule has 3 saturated carbocycles. The third-order valence-corrected chi connectivity index (χ3v) is 7.79. The van der Waals surface area contributed by atoms with E-state index < -0.39 is 17.7 Å². The molecule has 3 rings (SSSR count). The molecule has 3 aliphatic carbocycles. The summed E-state index contributed by atoms with van der Waals surface area (Å²) >= 11 is 0. The summed E-state index contributed by atoms with van der Waals surface area (Å²) in [4.78, 5) is 11.2. The van der Waals surface area contributed by atoms with Gasteiger partial charge in [0.05, 0.1) is 18.8 Å². The van der Waals surface area contributed by atoms with Crippen LogP contribution in [0.25, 0.3) is 0 Å². The van der Waals surface area contributed by atoms with Gasteiger partial charge in [0.2, 0.25) is 0 Å². The fourth-order valence-corrected chi connectivity index (χ4v) is 6.38. The number of esters is 1. The first-order valence-electron chi connectivity index (χ1n) is 10.1. The molecule has 0 aromatic carbocycles. The second-order valence-electron chi connectivity index (χ2n) is 9.43. The van der Waals surface area contributed by atoms with Crippen LogP contribution in [0.15, 0.2) is 24.3 Å². The topological polar surface area (TPSA) is 87.0 Å². The van der Waals surface area contributed by atoms with E-state index in [2.05, 4.69) is 20.4 Å². The lowest BCUT2D eigenvalue weighted by molar-refractivity contribution is -0.154. The maximum Gasteiger partial charge on any atom is 0.303 e. The highest BCUT2D eigenvalue weighted by Gasteiger charge is 2.70. The molecular formula is C22H34O5. The van der Waals surface area contributed by atoms with E-state index in [4.69, 9.17) is 4.74 Å². The smallest absolute Gasteiger partial charge is 0.303 e. The van der Waals surface area contributed by atoms with Crippen molar-refractivity contribution < 1.29 is 24.9 Å². The lowest BCUT2D eigenvalue weighted by atomic mass is 9.46. The molecule has 3 aliphatic rings. The monoisotopic (exact) mass is 378 g/mol. The molecule has 0 unspecified atom stereocenters. The van der Waals surface area contributed by atoms with E-state index in [1.807, 2.05) is 0 Å². The zero-order valence-electron chi connectivity index (χ0n) is 16.9. The summed E-state index contributed by atoms with van der Waals surface area (Å²) in [7, 11) is 0. The lowest BCUT2D eigenvalue weighted by Gasteiger charge is -2.58. The van der Waals surface area contributed by atoms with Crippen molar-refractivity contribution in [3.8, 4) is 0 Å². The molecule has 0 bridgehead atoms. The molecule has 0 saturated heterocycles. The van der Waals surface area contributed by atoms with E-state index in [0.717, 1.165) is 0 Å². The zero-order chi connectivity index (χ0) is 20.1. The van der Waals surface area contributed by atoms with Crippen molar-refractivity contribution in [1.82, 2.24) is 0 Å². The Hall–Kier alpha value is -1.17. The Morgan fingerprint density at radius 1 is 1.44 bits per heavy atom. The van der Waals surface area contributed by atoms with E-state index in [0.29, 0.717) is 35.7 Å². The van der Waals surface area contributed by atoms with Gasteiger partial charge < -0.3 is 20.1 Å². The summed E-state index contributed by atoms with van der Waals surface area (Å²) in [6.07, 6.45) is 4.86. The highest BCUT2D eigenvalue weighted by molar-refractivity contribution is 5.66. The number of carbonyl (C=O) groups is 1. The molecule has 27 heavy (non-hydrogen) atoms. The summed E-state index contributed by atoms with van der Waals surface area (Å²) in [6.45, 7) is 11.2. The summed E-state index contributed by atoms with van der Waals surface area (Å²) in [5.74, 6) is 1.80. The van der Waals surface area contributed by atoms with Gasteiger partial charge in [0.1, 0.15) is 0 Å². The van der Waals surface area contributed by atoms with Gasteiger partial charge in [-0.05, 0) is 61.0 Å². The Morgan fingerprint density at radius 3 is 2.70 bits per heavy atom. The van der Waals surface area contributed by atoms with Crippen molar-refractivity contribution in [3.05, 3.63) is 24.3 Å². The van der Waals surface area contributed by atoms with Crippen LogP contribution in [-0.2, 0) is 9.53 Å². The Morgan fingerprint density at radius 2 is 2.11 bits per heavy atom. The van der Waals surface area contributed by atoms with Crippen LogP contribution in [0, 0.1) is 35.0 Å². The van der Waals surface area contributed by atoms with Gasteiger partial charge in [0, 0.05) is 12.3 Å². The minimum Gasteiger partial charge on any atom is -0.453 e. The highest BCUT2D eigenvalue weighted by atomic mass is 16.6. The number of aliphatic hydroxyl groups excluding tert-OH is 3. The Bertz CT molecular complexity index is 643. The SMILES string of the molecule is C=C([C@H](O)/C=C/[C@@](C)(CO)OC(C)=O)[C@@H]1C[C@@H](O)[C@@]2(C)[C@@H]1[C@@H]1[C@H](C)CC[C@@H]12. The highest BCUT2D eigenvalue weighted by Crippen LogP contribution is 2.73. The van der Waals surface area contributed by atoms with Crippen LogP contribution in [0.2, 0.25) is 0 Å². The molecule has 9 atom stereocenters. The summed E-state index contributed by atoms with van der Waals surface area (Å²) in [5.41, 5.74) is -0.526. The van der Waals surface area contributed by atoms with Gasteiger partial charge >= 0.3 is 5.97 Å². The van der Waals surface area contributed by atoms with E-state index in [1.165, 1.54) is 31.9 Å². The van der Waals surface area contributed by atoms with Gasteiger partial charge in [-0.3, -0.25) is 4.79 Å².